The van der Waals surface area contributed by atoms with Gasteiger partial charge in [-0.1, -0.05) is 24.3 Å². The van der Waals surface area contributed by atoms with Crippen molar-refractivity contribution < 1.29 is 9.18 Å². The molecular formula is C17H17FN2OS. The molecule has 0 radical (unpaired) electrons. The average molecular weight is 316 g/mol. The van der Waals surface area contributed by atoms with Gasteiger partial charge in [-0.2, -0.15) is 0 Å². The molecule has 0 bridgehead atoms. The van der Waals surface area contributed by atoms with E-state index in [-0.39, 0.29) is 11.7 Å². The quantitative estimate of drug-likeness (QED) is 0.941. The Morgan fingerprint density at radius 3 is 2.95 bits per heavy atom. The highest BCUT2D eigenvalue weighted by atomic mass is 32.2. The minimum atomic E-state index is -0.284. The number of benzene rings is 2. The third-order valence-electron chi connectivity index (χ3n) is 3.54. The number of fused-ring (bicyclic) bond motifs is 1. The summed E-state index contributed by atoms with van der Waals surface area (Å²) in [5.41, 5.74) is 1.88. The number of carbonyl (C=O) groups excluding carboxylic acids is 1. The Bertz CT molecular complexity index is 677. The topological polar surface area (TPSA) is 32.3 Å². The lowest BCUT2D eigenvalue weighted by molar-refractivity contribution is -0.119. The van der Waals surface area contributed by atoms with Gasteiger partial charge in [-0.15, -0.1) is 11.8 Å². The number of nitrogens with zero attached hydrogens (tertiary/aromatic N) is 1. The third kappa shape index (κ3) is 3.60. The summed E-state index contributed by atoms with van der Waals surface area (Å²) in [6, 6.07) is 14.4. The zero-order valence-electron chi connectivity index (χ0n) is 12.1. The summed E-state index contributed by atoms with van der Waals surface area (Å²) in [4.78, 5) is 15.4. The maximum atomic E-state index is 13.1. The van der Waals surface area contributed by atoms with Crippen molar-refractivity contribution in [3.05, 3.63) is 59.9 Å². The Labute approximate surface area is 133 Å². The number of para-hydroxylation sites is 1. The van der Waals surface area contributed by atoms with Gasteiger partial charge in [0.05, 0.1) is 12.2 Å². The molecule has 1 heterocycles. The number of thioether (sulfide) groups is 1. The first-order chi connectivity index (χ1) is 10.7. The summed E-state index contributed by atoms with van der Waals surface area (Å²) >= 11 is 1.82. The fourth-order valence-corrected chi connectivity index (χ4v) is 3.52. The first kappa shape index (κ1) is 14.9. The molecule has 0 atom stereocenters. The van der Waals surface area contributed by atoms with Crippen LogP contribution in [0.4, 0.5) is 10.1 Å². The highest BCUT2D eigenvalue weighted by Crippen LogP contribution is 2.33. The zero-order chi connectivity index (χ0) is 15.4. The van der Waals surface area contributed by atoms with E-state index in [0.717, 1.165) is 23.5 Å². The van der Waals surface area contributed by atoms with E-state index >= 15 is 0 Å². The van der Waals surface area contributed by atoms with E-state index in [1.807, 2.05) is 30.0 Å². The molecule has 1 aliphatic heterocycles. The van der Waals surface area contributed by atoms with Gasteiger partial charge >= 0.3 is 0 Å². The first-order valence-corrected chi connectivity index (χ1v) is 8.19. The molecule has 1 aliphatic rings. The minimum Gasteiger partial charge on any atom is -0.360 e. The first-order valence-electron chi connectivity index (χ1n) is 7.20. The third-order valence-corrected chi connectivity index (χ3v) is 4.58. The second-order valence-electron chi connectivity index (χ2n) is 5.14. The van der Waals surface area contributed by atoms with Crippen LogP contribution in [0.3, 0.4) is 0 Å². The SMILES string of the molecule is O=C(CN1CCSc2ccccc21)NCc1cccc(F)c1. The van der Waals surface area contributed by atoms with Crippen molar-refractivity contribution in [2.45, 2.75) is 11.4 Å². The molecule has 0 saturated heterocycles. The summed E-state index contributed by atoms with van der Waals surface area (Å²) in [6.45, 7) is 1.53. The number of amides is 1. The molecule has 0 unspecified atom stereocenters. The summed E-state index contributed by atoms with van der Waals surface area (Å²) in [5, 5.41) is 2.85. The number of rotatable bonds is 4. The molecule has 0 aliphatic carbocycles. The van der Waals surface area contributed by atoms with Gasteiger partial charge in [0.2, 0.25) is 5.91 Å². The van der Waals surface area contributed by atoms with Crippen molar-refractivity contribution in [1.29, 1.82) is 0 Å². The van der Waals surface area contributed by atoms with Crippen LogP contribution in [0.1, 0.15) is 5.56 Å². The number of nitrogens with one attached hydrogen (secondary N) is 1. The molecule has 114 valence electrons. The van der Waals surface area contributed by atoms with Crippen molar-refractivity contribution in [2.24, 2.45) is 0 Å². The van der Waals surface area contributed by atoms with E-state index in [2.05, 4.69) is 16.3 Å². The number of anilines is 1. The van der Waals surface area contributed by atoms with Gasteiger partial charge in [0.15, 0.2) is 0 Å². The van der Waals surface area contributed by atoms with E-state index < -0.39 is 0 Å². The van der Waals surface area contributed by atoms with Crippen LogP contribution in [0.15, 0.2) is 53.4 Å². The summed E-state index contributed by atoms with van der Waals surface area (Å²) in [5.74, 6) is 0.647. The number of hydrogen-bond donors (Lipinski definition) is 1. The summed E-state index contributed by atoms with van der Waals surface area (Å²) in [6.07, 6.45) is 0. The Hall–Kier alpha value is -2.01. The molecule has 2 aromatic rings. The molecule has 5 heteroatoms. The maximum Gasteiger partial charge on any atom is 0.239 e. The van der Waals surface area contributed by atoms with E-state index in [1.165, 1.54) is 17.0 Å². The number of carbonyl (C=O) groups is 1. The van der Waals surface area contributed by atoms with E-state index in [0.29, 0.717) is 13.1 Å². The number of halogens is 1. The zero-order valence-corrected chi connectivity index (χ0v) is 12.9. The second kappa shape index (κ2) is 6.83. The van der Waals surface area contributed by atoms with Crippen LogP contribution in [0, 0.1) is 5.82 Å². The molecule has 2 aromatic carbocycles. The monoisotopic (exact) mass is 316 g/mol. The molecule has 0 aromatic heterocycles. The standard InChI is InChI=1S/C17H17FN2OS/c18-14-5-3-4-13(10-14)11-19-17(21)12-20-8-9-22-16-7-2-1-6-15(16)20/h1-7,10H,8-9,11-12H2,(H,19,21). The van der Waals surface area contributed by atoms with Gasteiger partial charge in [-0.3, -0.25) is 4.79 Å². The van der Waals surface area contributed by atoms with Gasteiger partial charge < -0.3 is 10.2 Å². The lowest BCUT2D eigenvalue weighted by atomic mass is 10.2. The fourth-order valence-electron chi connectivity index (χ4n) is 2.47. The molecule has 0 saturated carbocycles. The van der Waals surface area contributed by atoms with Crippen LogP contribution >= 0.6 is 11.8 Å². The highest BCUT2D eigenvalue weighted by molar-refractivity contribution is 7.99. The molecule has 0 fully saturated rings. The highest BCUT2D eigenvalue weighted by Gasteiger charge is 2.18. The van der Waals surface area contributed by atoms with Crippen LogP contribution in [-0.2, 0) is 11.3 Å². The van der Waals surface area contributed by atoms with Gasteiger partial charge in [0, 0.05) is 23.7 Å². The molecule has 3 nitrogen and oxygen atoms in total. The van der Waals surface area contributed by atoms with Gasteiger partial charge in [0.25, 0.3) is 0 Å². The second-order valence-corrected chi connectivity index (χ2v) is 6.28. The van der Waals surface area contributed by atoms with Crippen LogP contribution in [0.5, 0.6) is 0 Å². The van der Waals surface area contributed by atoms with Crippen LogP contribution in [0.25, 0.3) is 0 Å². The van der Waals surface area contributed by atoms with Crippen molar-refractivity contribution in [2.75, 3.05) is 23.7 Å². The maximum absolute atomic E-state index is 13.1. The predicted molar refractivity (Wildman–Crippen MR) is 87.6 cm³/mol. The van der Waals surface area contributed by atoms with Gasteiger partial charge in [-0.05, 0) is 29.8 Å². The smallest absolute Gasteiger partial charge is 0.239 e. The van der Waals surface area contributed by atoms with E-state index in [4.69, 9.17) is 0 Å². The molecule has 1 amide bonds. The summed E-state index contributed by atoms with van der Waals surface area (Å²) < 4.78 is 13.1. The molecule has 0 spiro atoms. The Morgan fingerprint density at radius 2 is 2.09 bits per heavy atom. The molecule has 22 heavy (non-hydrogen) atoms. The molecule has 3 rings (SSSR count). The van der Waals surface area contributed by atoms with Crippen LogP contribution in [0.2, 0.25) is 0 Å². The van der Waals surface area contributed by atoms with Crippen molar-refractivity contribution in [3.63, 3.8) is 0 Å². The van der Waals surface area contributed by atoms with Crippen LogP contribution < -0.4 is 10.2 Å². The molecular weight excluding hydrogens is 299 g/mol. The van der Waals surface area contributed by atoms with Crippen molar-refractivity contribution >= 4 is 23.4 Å². The fraction of sp³-hybridized carbons (Fsp3) is 0.235. The average Bonchev–Trinajstić information content (AvgIpc) is 2.53. The lowest BCUT2D eigenvalue weighted by Gasteiger charge is -2.30. The normalized spacial score (nSPS) is 13.6. The van der Waals surface area contributed by atoms with Crippen molar-refractivity contribution in [3.8, 4) is 0 Å². The van der Waals surface area contributed by atoms with E-state index in [1.54, 1.807) is 12.1 Å². The summed E-state index contributed by atoms with van der Waals surface area (Å²) in [7, 11) is 0. The largest absolute Gasteiger partial charge is 0.360 e. The van der Waals surface area contributed by atoms with Gasteiger partial charge in [-0.25, -0.2) is 4.39 Å². The molecule has 1 N–H and O–H groups in total. The minimum absolute atomic E-state index is 0.0500. The Morgan fingerprint density at radius 1 is 1.23 bits per heavy atom. The Balaban J connectivity index is 1.59. The van der Waals surface area contributed by atoms with Crippen LogP contribution in [-0.4, -0.2) is 24.7 Å². The lowest BCUT2D eigenvalue weighted by Crippen LogP contribution is -2.39. The van der Waals surface area contributed by atoms with Crippen molar-refractivity contribution in [1.82, 2.24) is 5.32 Å². The Kier molecular flexibility index (Phi) is 4.63. The van der Waals surface area contributed by atoms with E-state index in [9.17, 15) is 9.18 Å². The van der Waals surface area contributed by atoms with Gasteiger partial charge in [0.1, 0.15) is 5.82 Å². The predicted octanol–water partition coefficient (Wildman–Crippen LogP) is 3.05. The number of hydrogen-bond acceptors (Lipinski definition) is 3.